The fourth-order valence-corrected chi connectivity index (χ4v) is 5.73. The molecule has 46 heavy (non-hydrogen) atoms. The van der Waals surface area contributed by atoms with Gasteiger partial charge in [-0.25, -0.2) is 19.7 Å². The quantitative estimate of drug-likeness (QED) is 0.109. The number of carbonyl (C=O) groups is 2. The van der Waals surface area contributed by atoms with Crippen LogP contribution in [0.4, 0.5) is 19.0 Å². The highest BCUT2D eigenvalue weighted by Crippen LogP contribution is 2.38. The van der Waals surface area contributed by atoms with Crippen LogP contribution < -0.4 is 9.64 Å². The Labute approximate surface area is 268 Å². The summed E-state index contributed by atoms with van der Waals surface area (Å²) in [6.45, 7) is 14.4. The van der Waals surface area contributed by atoms with E-state index in [4.69, 9.17) is 22.9 Å². The Bertz CT molecular complexity index is 1900. The molecule has 3 heterocycles. The van der Waals surface area contributed by atoms with Gasteiger partial charge in [-0.05, 0) is 17.9 Å². The second-order valence-electron chi connectivity index (χ2n) is 11.2. The topological polar surface area (TPSA) is 92.9 Å². The maximum absolute atomic E-state index is 16.5. The predicted octanol–water partition coefficient (Wildman–Crippen LogP) is 6.58. The fourth-order valence-electron chi connectivity index (χ4n) is 5.45. The van der Waals surface area contributed by atoms with E-state index in [1.54, 1.807) is 23.1 Å². The van der Waals surface area contributed by atoms with Gasteiger partial charge in [0.1, 0.15) is 34.7 Å². The van der Waals surface area contributed by atoms with E-state index in [0.717, 1.165) is 0 Å². The highest BCUT2D eigenvalue weighted by Gasteiger charge is 2.35. The Morgan fingerprint density at radius 1 is 1.20 bits per heavy atom. The lowest BCUT2D eigenvalue weighted by molar-refractivity contribution is -0.131. The number of ketones is 1. The number of rotatable bonds is 10. The zero-order valence-electron chi connectivity index (χ0n) is 25.2. The Morgan fingerprint density at radius 3 is 2.70 bits per heavy atom. The maximum Gasteiger partial charge on any atom is 0.319 e. The first kappa shape index (κ1) is 32.6. The number of anilines is 1. The van der Waals surface area contributed by atoms with Crippen molar-refractivity contribution in [3.05, 3.63) is 77.0 Å². The number of piperazine rings is 1. The van der Waals surface area contributed by atoms with Gasteiger partial charge in [0, 0.05) is 49.1 Å². The minimum Gasteiger partial charge on any atom is -0.463 e. The van der Waals surface area contributed by atoms with Gasteiger partial charge < -0.3 is 19.4 Å². The maximum atomic E-state index is 16.5. The average Bonchev–Trinajstić information content (AvgIpc) is 3.04. The molecule has 238 valence electrons. The van der Waals surface area contributed by atoms with E-state index in [9.17, 15) is 18.4 Å². The number of hydrogen-bond donors (Lipinski definition) is 0. The van der Waals surface area contributed by atoms with E-state index in [-0.39, 0.29) is 95.3 Å². The smallest absolute Gasteiger partial charge is 0.319 e. The van der Waals surface area contributed by atoms with E-state index < -0.39 is 29.4 Å². The summed E-state index contributed by atoms with van der Waals surface area (Å²) in [5, 5.41) is 0.916. The zero-order chi connectivity index (χ0) is 33.1. The van der Waals surface area contributed by atoms with Gasteiger partial charge in [0.15, 0.2) is 11.6 Å². The number of benzene rings is 2. The van der Waals surface area contributed by atoms with Gasteiger partial charge in [0.2, 0.25) is 6.54 Å². The van der Waals surface area contributed by atoms with Crippen LogP contribution in [0.5, 0.6) is 6.01 Å². The third kappa shape index (κ3) is 6.46. The average molecular weight is 651 g/mol. The van der Waals surface area contributed by atoms with Crippen molar-refractivity contribution in [2.24, 2.45) is 5.92 Å². The molecule has 0 unspecified atom stereocenters. The number of fused-ring (bicyclic) bond motifs is 2. The molecule has 2 aromatic carbocycles. The van der Waals surface area contributed by atoms with Crippen molar-refractivity contribution in [1.82, 2.24) is 19.9 Å². The lowest BCUT2D eigenvalue weighted by Crippen LogP contribution is -2.56. The fraction of sp³-hybridized carbons (Fsp3) is 0.333. The lowest BCUT2D eigenvalue weighted by atomic mass is 10.0. The molecule has 1 atom stereocenters. The second kappa shape index (κ2) is 13.7. The molecular weight excluding hydrogens is 621 g/mol. The van der Waals surface area contributed by atoms with Crippen molar-refractivity contribution < 1.29 is 27.5 Å². The van der Waals surface area contributed by atoms with Crippen LogP contribution >= 0.6 is 11.6 Å². The number of nitrogens with zero attached hydrogens (tertiary/aromatic N) is 6. The number of halogens is 4. The van der Waals surface area contributed by atoms with Gasteiger partial charge in [-0.2, -0.15) is 9.97 Å². The normalized spacial score (nSPS) is 15.0. The zero-order valence-corrected chi connectivity index (χ0v) is 26.0. The minimum atomic E-state index is -1.13. The first-order valence-electron chi connectivity index (χ1n) is 14.6. The van der Waals surface area contributed by atoms with E-state index >= 15 is 4.39 Å². The largest absolute Gasteiger partial charge is 0.463 e. The van der Waals surface area contributed by atoms with Crippen molar-refractivity contribution in [1.29, 1.82) is 0 Å². The van der Waals surface area contributed by atoms with Crippen LogP contribution in [0.25, 0.3) is 37.8 Å². The summed E-state index contributed by atoms with van der Waals surface area (Å²) in [4.78, 5) is 44.3. The number of carbonyl (C=O) groups excluding carboxylic acids is 2. The Morgan fingerprint density at radius 2 is 1.98 bits per heavy atom. The number of hydrogen-bond acceptors (Lipinski definition) is 7. The SMILES string of the molecule is [C-]#[N+]C[C@H]1CN(c2nc(OCCCC(=O)C(C)C)nc3c(F)c(-c4cccc5ccc(F)c(Cl)c45)ncc23)CCN1C(=O)C(=C)F. The Balaban J connectivity index is 1.60. The van der Waals surface area contributed by atoms with Crippen molar-refractivity contribution in [2.75, 3.05) is 37.7 Å². The summed E-state index contributed by atoms with van der Waals surface area (Å²) in [5.74, 6) is -3.33. The molecule has 0 aliphatic carbocycles. The van der Waals surface area contributed by atoms with Crippen LogP contribution in [0.2, 0.25) is 5.02 Å². The molecule has 1 saturated heterocycles. The van der Waals surface area contributed by atoms with Crippen LogP contribution in [-0.2, 0) is 9.59 Å². The molecule has 0 N–H and O–H groups in total. The Hall–Kier alpha value is -4.76. The molecule has 5 rings (SSSR count). The van der Waals surface area contributed by atoms with Gasteiger partial charge in [0.25, 0.3) is 5.91 Å². The molecule has 0 spiro atoms. The molecule has 1 aliphatic heterocycles. The van der Waals surface area contributed by atoms with Crippen LogP contribution in [-0.4, -0.2) is 70.4 Å². The van der Waals surface area contributed by atoms with Gasteiger partial charge >= 0.3 is 6.01 Å². The van der Waals surface area contributed by atoms with Crippen molar-refractivity contribution in [2.45, 2.75) is 32.7 Å². The van der Waals surface area contributed by atoms with Crippen molar-refractivity contribution in [3.8, 4) is 17.3 Å². The highest BCUT2D eigenvalue weighted by molar-refractivity contribution is 6.36. The summed E-state index contributed by atoms with van der Waals surface area (Å²) < 4.78 is 50.6. The molecule has 9 nitrogen and oxygen atoms in total. The van der Waals surface area contributed by atoms with Gasteiger partial charge in [-0.3, -0.25) is 14.6 Å². The summed E-state index contributed by atoms with van der Waals surface area (Å²) in [6.07, 6.45) is 2.07. The van der Waals surface area contributed by atoms with Gasteiger partial charge in [0.05, 0.1) is 17.0 Å². The standard InChI is InChI=1S/C33H30ClF3N6O3/c1-18(2)25(44)9-6-14-46-33-40-30-23(31(41-33)42-12-13-43(32(45)19(3)35)21(17-42)15-38-4)16-39-29(28(30)37)22-8-5-7-20-10-11-24(36)27(34)26(20)22/h5,7-8,10-11,16,18,21H,3,6,9,12-15,17H2,1-2H3/t21-/m0/s1. The van der Waals surface area contributed by atoms with Crippen LogP contribution in [0.1, 0.15) is 26.7 Å². The molecule has 1 aliphatic rings. The summed E-state index contributed by atoms with van der Waals surface area (Å²) in [5.41, 5.74) is 0.00331. The molecule has 4 aromatic rings. The number of Topliss-reactive ketones (excluding diaryl/α,β-unsaturated/α-hetero) is 1. The first-order valence-corrected chi connectivity index (χ1v) is 15.0. The van der Waals surface area contributed by atoms with E-state index in [1.165, 1.54) is 23.2 Å². The first-order chi connectivity index (χ1) is 22.0. The molecule has 13 heteroatoms. The van der Waals surface area contributed by atoms with Gasteiger partial charge in [-0.15, -0.1) is 0 Å². The molecule has 1 amide bonds. The monoisotopic (exact) mass is 650 g/mol. The number of aromatic nitrogens is 3. The number of amides is 1. The third-order valence-electron chi connectivity index (χ3n) is 7.85. The molecule has 2 aromatic heterocycles. The molecular formula is C33H30ClF3N6O3. The summed E-state index contributed by atoms with van der Waals surface area (Å²) >= 11 is 6.33. The molecule has 0 saturated carbocycles. The second-order valence-corrected chi connectivity index (χ2v) is 11.6. The van der Waals surface area contributed by atoms with Crippen LogP contribution in [0.3, 0.4) is 0 Å². The van der Waals surface area contributed by atoms with Gasteiger partial charge in [-0.1, -0.05) is 56.3 Å². The van der Waals surface area contributed by atoms with E-state index in [1.807, 2.05) is 13.8 Å². The third-order valence-corrected chi connectivity index (χ3v) is 8.22. The van der Waals surface area contributed by atoms with Crippen molar-refractivity contribution in [3.63, 3.8) is 0 Å². The molecule has 0 radical (unpaired) electrons. The molecule has 0 bridgehead atoms. The summed E-state index contributed by atoms with van der Waals surface area (Å²) in [6, 6.07) is 6.90. The molecule has 1 fully saturated rings. The predicted molar refractivity (Wildman–Crippen MR) is 169 cm³/mol. The minimum absolute atomic E-state index is 0.0506. The summed E-state index contributed by atoms with van der Waals surface area (Å²) in [7, 11) is 0. The van der Waals surface area contributed by atoms with E-state index in [0.29, 0.717) is 11.8 Å². The van der Waals surface area contributed by atoms with Crippen LogP contribution in [0, 0.1) is 24.1 Å². The number of ether oxygens (including phenoxy) is 1. The van der Waals surface area contributed by atoms with Crippen LogP contribution in [0.15, 0.2) is 48.9 Å². The Kier molecular flexibility index (Phi) is 9.72. The van der Waals surface area contributed by atoms with E-state index in [2.05, 4.69) is 26.4 Å². The highest BCUT2D eigenvalue weighted by atomic mass is 35.5. The number of pyridine rings is 1. The lowest BCUT2D eigenvalue weighted by Gasteiger charge is -2.39. The van der Waals surface area contributed by atoms with Crippen molar-refractivity contribution >= 4 is 50.8 Å².